The third kappa shape index (κ3) is 0.832. The Morgan fingerprint density at radius 1 is 1.60 bits per heavy atom. The minimum atomic E-state index is -0.613. The maximum absolute atomic E-state index is 11.0. The van der Waals surface area contributed by atoms with Crippen LogP contribution < -0.4 is 0 Å². The van der Waals surface area contributed by atoms with E-state index in [-0.39, 0.29) is 17.9 Å². The van der Waals surface area contributed by atoms with Gasteiger partial charge in [-0.3, -0.25) is 4.79 Å². The molecule has 1 aliphatic rings. The fourth-order valence-electron chi connectivity index (χ4n) is 1.16. The molecule has 3 nitrogen and oxygen atoms in total. The molecule has 1 heterocycles. The van der Waals surface area contributed by atoms with E-state index in [0.29, 0.717) is 0 Å². The van der Waals surface area contributed by atoms with Gasteiger partial charge >= 0.3 is 0 Å². The van der Waals surface area contributed by atoms with Crippen molar-refractivity contribution in [3.8, 4) is 0 Å². The molecule has 1 N–H and O–H groups in total. The summed E-state index contributed by atoms with van der Waals surface area (Å²) in [5, 5.41) is 9.26. The normalized spacial score (nSPS) is 40.9. The van der Waals surface area contributed by atoms with Crippen molar-refractivity contribution in [1.29, 1.82) is 0 Å². The van der Waals surface area contributed by atoms with Crippen LogP contribution in [-0.4, -0.2) is 36.0 Å². The maximum atomic E-state index is 11.0. The van der Waals surface area contributed by atoms with Crippen LogP contribution in [0.5, 0.6) is 0 Å². The van der Waals surface area contributed by atoms with E-state index in [9.17, 15) is 9.90 Å². The molecule has 3 atom stereocenters. The zero-order valence-electron chi connectivity index (χ0n) is 6.11. The van der Waals surface area contributed by atoms with Gasteiger partial charge in [0, 0.05) is 6.04 Å². The van der Waals surface area contributed by atoms with Crippen LogP contribution in [0.15, 0.2) is 0 Å². The first-order valence-electron chi connectivity index (χ1n) is 3.31. The minimum absolute atomic E-state index is 0.181. The van der Waals surface area contributed by atoms with Crippen molar-refractivity contribution in [3.63, 3.8) is 0 Å². The number of rotatable bonds is 0. The lowest BCUT2D eigenvalue weighted by Crippen LogP contribution is -2.31. The Kier molecular flexibility index (Phi) is 1.73. The summed E-state index contributed by atoms with van der Waals surface area (Å²) < 4.78 is 0. The first-order valence-corrected chi connectivity index (χ1v) is 3.31. The van der Waals surface area contributed by atoms with Gasteiger partial charge in [-0.25, -0.2) is 0 Å². The van der Waals surface area contributed by atoms with Crippen molar-refractivity contribution < 1.29 is 9.90 Å². The molecule has 1 saturated heterocycles. The standard InChI is InChI=1S/C6H10BNO2/c1-3-5(9)4(2)8(7)6(3)10/h3-5,9H,1-2H3. The van der Waals surface area contributed by atoms with Crippen molar-refractivity contribution in [2.75, 3.05) is 0 Å². The van der Waals surface area contributed by atoms with E-state index in [0.717, 1.165) is 4.81 Å². The van der Waals surface area contributed by atoms with Crippen molar-refractivity contribution in [3.05, 3.63) is 0 Å². The van der Waals surface area contributed by atoms with Gasteiger partial charge in [-0.2, -0.15) is 0 Å². The number of carbonyl (C=O) groups is 1. The van der Waals surface area contributed by atoms with Gasteiger partial charge in [-0.05, 0) is 6.92 Å². The third-order valence-electron chi connectivity index (χ3n) is 2.09. The van der Waals surface area contributed by atoms with Crippen LogP contribution in [0.1, 0.15) is 13.8 Å². The lowest BCUT2D eigenvalue weighted by Gasteiger charge is -2.16. The summed E-state index contributed by atoms with van der Waals surface area (Å²) in [6.45, 7) is 3.41. The van der Waals surface area contributed by atoms with E-state index in [2.05, 4.69) is 0 Å². The van der Waals surface area contributed by atoms with Gasteiger partial charge < -0.3 is 9.92 Å². The molecule has 3 unspecified atom stereocenters. The Balaban J connectivity index is 2.78. The molecule has 54 valence electrons. The first kappa shape index (κ1) is 7.60. The highest BCUT2D eigenvalue weighted by atomic mass is 16.3. The molecule has 0 aromatic rings. The second kappa shape index (κ2) is 2.27. The zero-order chi connectivity index (χ0) is 7.89. The molecule has 0 saturated carbocycles. The highest BCUT2D eigenvalue weighted by Crippen LogP contribution is 2.21. The van der Waals surface area contributed by atoms with Crippen LogP contribution in [0, 0.1) is 5.92 Å². The lowest BCUT2D eigenvalue weighted by molar-refractivity contribution is -0.127. The topological polar surface area (TPSA) is 40.5 Å². The van der Waals surface area contributed by atoms with Crippen LogP contribution >= 0.6 is 0 Å². The van der Waals surface area contributed by atoms with Gasteiger partial charge in [0.1, 0.15) is 0 Å². The molecule has 4 heteroatoms. The van der Waals surface area contributed by atoms with E-state index in [1.165, 1.54) is 0 Å². The number of hydrogen-bond donors (Lipinski definition) is 1. The summed E-state index contributed by atoms with van der Waals surface area (Å²) in [4.78, 5) is 12.1. The number of carbonyl (C=O) groups excluding carboxylic acids is 1. The monoisotopic (exact) mass is 139 g/mol. The van der Waals surface area contributed by atoms with E-state index < -0.39 is 6.10 Å². The quantitative estimate of drug-likeness (QED) is 0.450. The fourth-order valence-corrected chi connectivity index (χ4v) is 1.16. The summed E-state index contributed by atoms with van der Waals surface area (Å²) in [6.07, 6.45) is -0.613. The van der Waals surface area contributed by atoms with Gasteiger partial charge in [-0.15, -0.1) is 0 Å². The van der Waals surface area contributed by atoms with Gasteiger partial charge in [0.15, 0.2) is 0 Å². The van der Waals surface area contributed by atoms with Crippen molar-refractivity contribution in [2.24, 2.45) is 5.92 Å². The zero-order valence-corrected chi connectivity index (χ0v) is 6.11. The predicted molar refractivity (Wildman–Crippen MR) is 37.2 cm³/mol. The first-order chi connectivity index (χ1) is 4.55. The van der Waals surface area contributed by atoms with E-state index in [1.807, 2.05) is 0 Å². The molecule has 0 aliphatic carbocycles. The molecular formula is C6H10BNO2. The van der Waals surface area contributed by atoms with Crippen LogP contribution in [-0.2, 0) is 4.79 Å². The van der Waals surface area contributed by atoms with Crippen LogP contribution in [0.3, 0.4) is 0 Å². The van der Waals surface area contributed by atoms with Crippen molar-refractivity contribution >= 4 is 13.9 Å². The van der Waals surface area contributed by atoms with Gasteiger partial charge in [-0.1, -0.05) is 6.92 Å². The summed E-state index contributed by atoms with van der Waals surface area (Å²) in [7, 11) is 5.33. The number of aliphatic hydroxyl groups excluding tert-OH is 1. The third-order valence-corrected chi connectivity index (χ3v) is 2.09. The predicted octanol–water partition coefficient (Wildman–Crippen LogP) is -0.702. The Hall–Kier alpha value is -0.505. The molecule has 1 amide bonds. The molecular weight excluding hydrogens is 129 g/mol. The molecule has 2 radical (unpaired) electrons. The molecule has 1 fully saturated rings. The smallest absolute Gasteiger partial charge is 0.230 e. The Labute approximate surface area is 61.4 Å². The van der Waals surface area contributed by atoms with Crippen molar-refractivity contribution in [2.45, 2.75) is 26.0 Å². The van der Waals surface area contributed by atoms with E-state index in [4.69, 9.17) is 7.98 Å². The maximum Gasteiger partial charge on any atom is 0.230 e. The number of nitrogens with zero attached hydrogens (tertiary/aromatic N) is 1. The molecule has 0 spiro atoms. The van der Waals surface area contributed by atoms with Crippen LogP contribution in [0.4, 0.5) is 0 Å². The van der Waals surface area contributed by atoms with Crippen molar-refractivity contribution in [1.82, 2.24) is 4.81 Å². The van der Waals surface area contributed by atoms with Crippen LogP contribution in [0.25, 0.3) is 0 Å². The number of amides is 1. The summed E-state index contributed by atoms with van der Waals surface area (Å²) in [5.74, 6) is -0.528. The van der Waals surface area contributed by atoms with Crippen LogP contribution in [0.2, 0.25) is 0 Å². The second-order valence-electron chi connectivity index (χ2n) is 2.77. The van der Waals surface area contributed by atoms with Gasteiger partial charge in [0.05, 0.1) is 12.0 Å². The van der Waals surface area contributed by atoms with Gasteiger partial charge in [0.25, 0.3) is 0 Å². The largest absolute Gasteiger partial charge is 0.392 e. The summed E-state index contributed by atoms with van der Waals surface area (Å²) in [6, 6.07) is -0.248. The summed E-state index contributed by atoms with van der Waals surface area (Å²) in [5.41, 5.74) is 0. The fraction of sp³-hybridized carbons (Fsp3) is 0.833. The van der Waals surface area contributed by atoms with E-state index in [1.54, 1.807) is 13.8 Å². The highest BCUT2D eigenvalue weighted by Gasteiger charge is 2.39. The molecule has 1 aliphatic heterocycles. The lowest BCUT2D eigenvalue weighted by atomic mass is 10.1. The average molecular weight is 139 g/mol. The minimum Gasteiger partial charge on any atom is -0.392 e. The Morgan fingerprint density at radius 3 is 2.20 bits per heavy atom. The Bertz CT molecular complexity index is 146. The van der Waals surface area contributed by atoms with E-state index >= 15 is 0 Å². The molecule has 10 heavy (non-hydrogen) atoms. The molecule has 0 aromatic heterocycles. The number of aliphatic hydroxyl groups is 1. The SMILES string of the molecule is [B]N1C(=O)C(C)C(O)C1C. The average Bonchev–Trinajstić information content (AvgIpc) is 2.07. The second-order valence-corrected chi connectivity index (χ2v) is 2.77. The molecule has 0 bridgehead atoms. The number of hydrogen-bond acceptors (Lipinski definition) is 2. The van der Waals surface area contributed by atoms with Gasteiger partial charge in [0.2, 0.25) is 13.9 Å². The molecule has 0 aromatic carbocycles. The summed E-state index contributed by atoms with van der Waals surface area (Å²) >= 11 is 0. The molecule has 1 rings (SSSR count). The highest BCUT2D eigenvalue weighted by molar-refractivity contribution is 6.15. The Morgan fingerprint density at radius 2 is 2.10 bits per heavy atom.